The third-order valence-corrected chi connectivity index (χ3v) is 7.46. The van der Waals surface area contributed by atoms with Crippen LogP contribution in [0.5, 0.6) is 11.5 Å². The Morgan fingerprint density at radius 2 is 1.87 bits per heavy atom. The molecule has 2 aromatic carbocycles. The Hall–Kier alpha value is -3.72. The molecule has 1 fully saturated rings. The van der Waals surface area contributed by atoms with E-state index in [0.717, 1.165) is 53.1 Å². The van der Waals surface area contributed by atoms with Crippen LogP contribution >= 0.6 is 0 Å². The van der Waals surface area contributed by atoms with Gasteiger partial charge >= 0.3 is 0 Å². The van der Waals surface area contributed by atoms with Crippen molar-refractivity contribution >= 4 is 10.9 Å². The van der Waals surface area contributed by atoms with Crippen molar-refractivity contribution in [3.8, 4) is 11.5 Å². The number of pyridine rings is 1. The van der Waals surface area contributed by atoms with Crippen LogP contribution in [0.1, 0.15) is 75.0 Å². The fraction of sp³-hybridized carbons (Fsp3) is 0.448. The number of nitrogens with one attached hydrogen (secondary N) is 1. The second kappa shape index (κ2) is 11.8. The van der Waals surface area contributed by atoms with Crippen LogP contribution < -0.4 is 15.0 Å². The van der Waals surface area contributed by atoms with Crippen molar-refractivity contribution in [2.24, 2.45) is 0 Å². The molecular formula is C29H36N6O3. The number of H-pyrrole nitrogens is 1. The summed E-state index contributed by atoms with van der Waals surface area (Å²) in [6, 6.07) is 16.0. The van der Waals surface area contributed by atoms with Gasteiger partial charge in [0.05, 0.1) is 25.8 Å². The summed E-state index contributed by atoms with van der Waals surface area (Å²) >= 11 is 0. The van der Waals surface area contributed by atoms with Gasteiger partial charge in [-0.3, -0.25) is 9.69 Å². The van der Waals surface area contributed by atoms with Crippen LogP contribution in [0.15, 0.2) is 53.3 Å². The molecule has 0 saturated heterocycles. The molecule has 0 unspecified atom stereocenters. The number of aromatic nitrogens is 5. The maximum absolute atomic E-state index is 13.2. The highest BCUT2D eigenvalue weighted by molar-refractivity contribution is 5.80. The van der Waals surface area contributed by atoms with Crippen molar-refractivity contribution in [2.45, 2.75) is 71.1 Å². The number of rotatable bonds is 11. The number of hydrogen-bond donors (Lipinski definition) is 1. The summed E-state index contributed by atoms with van der Waals surface area (Å²) in [5.41, 5.74) is 2.41. The summed E-state index contributed by atoms with van der Waals surface area (Å²) in [4.78, 5) is 18.6. The van der Waals surface area contributed by atoms with Crippen LogP contribution in [0.4, 0.5) is 0 Å². The maximum Gasteiger partial charge on any atom is 0.252 e. The van der Waals surface area contributed by atoms with Crippen LogP contribution in [0.25, 0.3) is 10.9 Å². The lowest BCUT2D eigenvalue weighted by atomic mass is 10.1. The molecule has 1 N–H and O–H groups in total. The molecule has 200 valence electrons. The number of hydrogen-bond acceptors (Lipinski definition) is 7. The van der Waals surface area contributed by atoms with Gasteiger partial charge < -0.3 is 14.5 Å². The summed E-state index contributed by atoms with van der Waals surface area (Å²) in [7, 11) is 1.69. The zero-order valence-electron chi connectivity index (χ0n) is 22.4. The zero-order chi connectivity index (χ0) is 26.5. The van der Waals surface area contributed by atoms with Gasteiger partial charge in [0.25, 0.3) is 5.56 Å². The molecule has 0 spiro atoms. The van der Waals surface area contributed by atoms with Crippen molar-refractivity contribution in [1.29, 1.82) is 0 Å². The summed E-state index contributed by atoms with van der Waals surface area (Å²) in [6.07, 6.45) is 5.37. The molecule has 9 heteroatoms. The SMILES string of the molecule is CCOc1ccc2[nH]c(=O)c(CN(Cc3ccccc3OC)[C@H](CC)c3nnnn3C3CCCC3)cc2c1. The first-order chi connectivity index (χ1) is 18.6. The Labute approximate surface area is 222 Å². The standard InChI is InChI=1S/C29H36N6O3/c1-4-26(28-31-32-33-35(28)23-11-7-8-12-23)34(18-20-10-6-9-13-27(20)37-3)19-22-16-21-17-24(38-5-2)14-15-25(21)30-29(22)36/h6,9-10,13-17,23,26H,4-5,7-8,11-12,18-19H2,1-3H3,(H,30,36)/t26-/m1/s1. The third kappa shape index (κ3) is 5.43. The normalized spacial score (nSPS) is 14.8. The van der Waals surface area contributed by atoms with E-state index < -0.39 is 0 Å². The maximum atomic E-state index is 13.2. The summed E-state index contributed by atoms with van der Waals surface area (Å²) in [5, 5.41) is 13.9. The quantitative estimate of drug-likeness (QED) is 0.293. The molecule has 38 heavy (non-hydrogen) atoms. The number of methoxy groups -OCH3 is 1. The van der Waals surface area contributed by atoms with Crippen molar-refractivity contribution in [2.75, 3.05) is 13.7 Å². The largest absolute Gasteiger partial charge is 0.496 e. The van der Waals surface area contributed by atoms with Crippen LogP contribution in [0.3, 0.4) is 0 Å². The molecule has 0 radical (unpaired) electrons. The van der Waals surface area contributed by atoms with Crippen LogP contribution in [0.2, 0.25) is 0 Å². The zero-order valence-corrected chi connectivity index (χ0v) is 22.4. The molecule has 1 aliphatic rings. The Morgan fingerprint density at radius 3 is 2.63 bits per heavy atom. The van der Waals surface area contributed by atoms with E-state index in [1.54, 1.807) is 7.11 Å². The predicted octanol–water partition coefficient (Wildman–Crippen LogP) is 5.19. The highest BCUT2D eigenvalue weighted by Crippen LogP contribution is 2.34. The van der Waals surface area contributed by atoms with Crippen molar-refractivity contribution in [3.05, 3.63) is 75.8 Å². The number of nitrogens with zero attached hydrogens (tertiary/aromatic N) is 5. The molecule has 9 nitrogen and oxygen atoms in total. The molecule has 1 aliphatic carbocycles. The Bertz CT molecular complexity index is 1430. The van der Waals surface area contributed by atoms with Gasteiger partial charge in [-0.25, -0.2) is 4.68 Å². The number of para-hydroxylation sites is 1. The predicted molar refractivity (Wildman–Crippen MR) is 146 cm³/mol. The van der Waals surface area contributed by atoms with Crippen LogP contribution in [-0.2, 0) is 13.1 Å². The van der Waals surface area contributed by atoms with E-state index in [1.165, 1.54) is 12.8 Å². The van der Waals surface area contributed by atoms with Crippen LogP contribution in [0, 0.1) is 0 Å². The lowest BCUT2D eigenvalue weighted by Gasteiger charge is -2.31. The fourth-order valence-electron chi connectivity index (χ4n) is 5.58. The van der Waals surface area contributed by atoms with E-state index in [9.17, 15) is 4.79 Å². The van der Waals surface area contributed by atoms with E-state index in [-0.39, 0.29) is 11.6 Å². The fourth-order valence-corrected chi connectivity index (χ4v) is 5.58. The number of tetrazole rings is 1. The topological polar surface area (TPSA) is 98.2 Å². The van der Waals surface area contributed by atoms with Gasteiger partial charge in [-0.2, -0.15) is 0 Å². The lowest BCUT2D eigenvalue weighted by Crippen LogP contribution is -2.33. The van der Waals surface area contributed by atoms with E-state index in [1.807, 2.05) is 54.1 Å². The highest BCUT2D eigenvalue weighted by atomic mass is 16.5. The Balaban J connectivity index is 1.55. The summed E-state index contributed by atoms with van der Waals surface area (Å²) in [6.45, 7) is 5.70. The first-order valence-electron chi connectivity index (χ1n) is 13.5. The molecule has 1 saturated carbocycles. The Kier molecular flexibility index (Phi) is 8.03. The van der Waals surface area contributed by atoms with Crippen molar-refractivity contribution < 1.29 is 9.47 Å². The smallest absolute Gasteiger partial charge is 0.252 e. The summed E-state index contributed by atoms with van der Waals surface area (Å²) in [5.74, 6) is 2.45. The number of fused-ring (bicyclic) bond motifs is 1. The van der Waals surface area contributed by atoms with Gasteiger partial charge in [0.15, 0.2) is 5.82 Å². The second-order valence-electron chi connectivity index (χ2n) is 9.87. The van der Waals surface area contributed by atoms with E-state index in [2.05, 4.69) is 38.4 Å². The van der Waals surface area contributed by atoms with E-state index >= 15 is 0 Å². The van der Waals surface area contributed by atoms with E-state index in [4.69, 9.17) is 9.47 Å². The molecule has 0 amide bonds. The first kappa shape index (κ1) is 25.9. The molecule has 0 aliphatic heterocycles. The van der Waals surface area contributed by atoms with Crippen LogP contribution in [-0.4, -0.2) is 43.8 Å². The minimum atomic E-state index is -0.100. The first-order valence-corrected chi connectivity index (χ1v) is 13.5. The van der Waals surface area contributed by atoms with Gasteiger partial charge in [0.1, 0.15) is 11.5 Å². The minimum absolute atomic E-state index is 0.0830. The number of ether oxygens (including phenoxy) is 2. The molecule has 5 rings (SSSR count). The Morgan fingerprint density at radius 1 is 1.08 bits per heavy atom. The van der Waals surface area contributed by atoms with Gasteiger partial charge in [-0.1, -0.05) is 38.0 Å². The lowest BCUT2D eigenvalue weighted by molar-refractivity contribution is 0.156. The molecule has 4 aromatic rings. The number of aromatic amines is 1. The molecular weight excluding hydrogens is 480 g/mol. The number of benzene rings is 2. The van der Waals surface area contributed by atoms with Gasteiger partial charge in [0.2, 0.25) is 0 Å². The summed E-state index contributed by atoms with van der Waals surface area (Å²) < 4.78 is 13.4. The molecule has 2 heterocycles. The van der Waals surface area contributed by atoms with Gasteiger partial charge in [0, 0.05) is 35.1 Å². The highest BCUT2D eigenvalue weighted by Gasteiger charge is 2.30. The molecule has 0 bridgehead atoms. The average molecular weight is 517 g/mol. The van der Waals surface area contributed by atoms with Gasteiger partial charge in [-0.15, -0.1) is 5.10 Å². The molecule has 1 atom stereocenters. The molecule has 2 aromatic heterocycles. The van der Waals surface area contributed by atoms with Crippen molar-refractivity contribution in [1.82, 2.24) is 30.1 Å². The van der Waals surface area contributed by atoms with Gasteiger partial charge in [-0.05, 0) is 66.9 Å². The average Bonchev–Trinajstić information content (AvgIpc) is 3.63. The monoisotopic (exact) mass is 516 g/mol. The minimum Gasteiger partial charge on any atom is -0.496 e. The van der Waals surface area contributed by atoms with Crippen molar-refractivity contribution in [3.63, 3.8) is 0 Å². The van der Waals surface area contributed by atoms with E-state index in [0.29, 0.717) is 31.3 Å². The second-order valence-corrected chi connectivity index (χ2v) is 9.87. The third-order valence-electron chi connectivity index (χ3n) is 7.46.